The van der Waals surface area contributed by atoms with Crippen molar-refractivity contribution in [3.8, 4) is 0 Å². The Morgan fingerprint density at radius 3 is 2.14 bits per heavy atom. The van der Waals surface area contributed by atoms with E-state index in [2.05, 4.69) is 20.7 Å². The fourth-order valence-electron chi connectivity index (χ4n) is 2.72. The number of anilines is 4. The van der Waals surface area contributed by atoms with Gasteiger partial charge in [-0.15, -0.1) is 0 Å². The molecule has 1 aromatic heterocycles. The number of methoxy groups -OCH3 is 1. The molecule has 0 amide bonds. The van der Waals surface area contributed by atoms with Crippen molar-refractivity contribution in [2.24, 2.45) is 0 Å². The third kappa shape index (κ3) is 5.17. The van der Waals surface area contributed by atoms with Crippen molar-refractivity contribution in [2.45, 2.75) is 6.42 Å². The van der Waals surface area contributed by atoms with Crippen LogP contribution >= 0.6 is 0 Å². The standard InChI is InChI=1S/C20H22N6O3/c1-29-14-8-13-21-19-18(26(27)28)20(23-15-22-19)24-25(16-9-4-2-5-10-16)17-11-6-3-7-12-17/h2-7,9-12,15H,8,13-14H2,1H3,(H2,21,22,23,24). The molecule has 150 valence electrons. The van der Waals surface area contributed by atoms with E-state index in [9.17, 15) is 10.1 Å². The molecule has 3 rings (SSSR count). The Labute approximate surface area is 168 Å². The molecule has 0 fully saturated rings. The molecule has 9 nitrogen and oxygen atoms in total. The van der Waals surface area contributed by atoms with Crippen LogP contribution in [-0.2, 0) is 4.74 Å². The van der Waals surface area contributed by atoms with Gasteiger partial charge in [0.1, 0.15) is 6.33 Å². The van der Waals surface area contributed by atoms with Crippen molar-refractivity contribution in [2.75, 3.05) is 36.0 Å². The second-order valence-electron chi connectivity index (χ2n) is 6.07. The normalized spacial score (nSPS) is 10.4. The number of hydrogen-bond donors (Lipinski definition) is 2. The zero-order valence-corrected chi connectivity index (χ0v) is 16.0. The molecule has 0 radical (unpaired) electrons. The third-order valence-corrected chi connectivity index (χ3v) is 4.07. The Hall–Kier alpha value is -3.72. The van der Waals surface area contributed by atoms with Crippen molar-refractivity contribution < 1.29 is 9.66 Å². The number of para-hydroxylation sites is 2. The zero-order valence-electron chi connectivity index (χ0n) is 16.0. The summed E-state index contributed by atoms with van der Waals surface area (Å²) in [6.45, 7) is 1.04. The van der Waals surface area contributed by atoms with Crippen LogP contribution in [0.25, 0.3) is 0 Å². The van der Waals surface area contributed by atoms with E-state index in [0.717, 1.165) is 11.4 Å². The van der Waals surface area contributed by atoms with Gasteiger partial charge in [-0.25, -0.2) is 9.97 Å². The molecule has 9 heteroatoms. The summed E-state index contributed by atoms with van der Waals surface area (Å²) in [7, 11) is 1.61. The van der Waals surface area contributed by atoms with Gasteiger partial charge in [0.25, 0.3) is 0 Å². The van der Waals surface area contributed by atoms with Crippen LogP contribution in [0.3, 0.4) is 0 Å². The van der Waals surface area contributed by atoms with Gasteiger partial charge in [-0.1, -0.05) is 36.4 Å². The summed E-state index contributed by atoms with van der Waals surface area (Å²) in [4.78, 5) is 19.5. The average Bonchev–Trinajstić information content (AvgIpc) is 2.76. The van der Waals surface area contributed by atoms with Crippen molar-refractivity contribution >= 4 is 28.7 Å². The van der Waals surface area contributed by atoms with Crippen molar-refractivity contribution in [3.05, 3.63) is 77.1 Å². The highest BCUT2D eigenvalue weighted by atomic mass is 16.6. The quantitative estimate of drug-likeness (QED) is 0.302. The Balaban J connectivity index is 1.94. The summed E-state index contributed by atoms with van der Waals surface area (Å²) in [5.74, 6) is 0.247. The molecule has 3 aromatic rings. The fourth-order valence-corrected chi connectivity index (χ4v) is 2.72. The van der Waals surface area contributed by atoms with E-state index in [1.807, 2.05) is 60.7 Å². The van der Waals surface area contributed by atoms with E-state index >= 15 is 0 Å². The lowest BCUT2D eigenvalue weighted by Gasteiger charge is -2.26. The smallest absolute Gasteiger partial charge is 0.354 e. The van der Waals surface area contributed by atoms with Crippen LogP contribution in [0, 0.1) is 10.1 Å². The Morgan fingerprint density at radius 1 is 1.00 bits per heavy atom. The van der Waals surface area contributed by atoms with Gasteiger partial charge < -0.3 is 10.1 Å². The molecule has 2 aromatic carbocycles. The van der Waals surface area contributed by atoms with Crippen molar-refractivity contribution in [1.29, 1.82) is 0 Å². The molecule has 0 saturated heterocycles. The van der Waals surface area contributed by atoms with E-state index < -0.39 is 4.92 Å². The Morgan fingerprint density at radius 2 is 1.59 bits per heavy atom. The van der Waals surface area contributed by atoms with Gasteiger partial charge in [0.2, 0.25) is 11.6 Å². The summed E-state index contributed by atoms with van der Waals surface area (Å²) in [5, 5.41) is 16.5. The monoisotopic (exact) mass is 394 g/mol. The first-order valence-corrected chi connectivity index (χ1v) is 9.10. The number of ether oxygens (including phenoxy) is 1. The minimum absolute atomic E-state index is 0.0898. The fraction of sp³-hybridized carbons (Fsp3) is 0.200. The summed E-state index contributed by atoms with van der Waals surface area (Å²) in [6, 6.07) is 19.0. The first kappa shape index (κ1) is 20.0. The van der Waals surface area contributed by atoms with Gasteiger partial charge in [-0.2, -0.15) is 0 Å². The zero-order chi connectivity index (χ0) is 20.5. The van der Waals surface area contributed by atoms with E-state index in [0.29, 0.717) is 19.6 Å². The highest BCUT2D eigenvalue weighted by Crippen LogP contribution is 2.32. The van der Waals surface area contributed by atoms with E-state index in [4.69, 9.17) is 4.74 Å². The lowest BCUT2D eigenvalue weighted by Crippen LogP contribution is -2.26. The molecule has 0 aliphatic rings. The summed E-state index contributed by atoms with van der Waals surface area (Å²) < 4.78 is 5.01. The lowest BCUT2D eigenvalue weighted by atomic mass is 10.2. The van der Waals surface area contributed by atoms with Crippen LogP contribution in [0.2, 0.25) is 0 Å². The minimum atomic E-state index is -0.491. The van der Waals surface area contributed by atoms with Crippen LogP contribution in [0.5, 0.6) is 0 Å². The number of rotatable bonds is 10. The molecule has 0 spiro atoms. The lowest BCUT2D eigenvalue weighted by molar-refractivity contribution is -0.383. The van der Waals surface area contributed by atoms with Crippen molar-refractivity contribution in [1.82, 2.24) is 9.97 Å². The molecule has 0 unspecified atom stereocenters. The first-order chi connectivity index (χ1) is 14.2. The average molecular weight is 394 g/mol. The summed E-state index contributed by atoms with van der Waals surface area (Å²) >= 11 is 0. The molecule has 0 aliphatic carbocycles. The maximum absolute atomic E-state index is 11.8. The Bertz CT molecular complexity index is 885. The summed E-state index contributed by atoms with van der Waals surface area (Å²) in [5.41, 5.74) is 4.47. The number of hydrogen-bond acceptors (Lipinski definition) is 8. The molecule has 2 N–H and O–H groups in total. The first-order valence-electron chi connectivity index (χ1n) is 9.10. The molecule has 0 atom stereocenters. The van der Waals surface area contributed by atoms with E-state index in [-0.39, 0.29) is 17.3 Å². The van der Waals surface area contributed by atoms with Gasteiger partial charge in [-0.3, -0.25) is 20.5 Å². The highest BCUT2D eigenvalue weighted by Gasteiger charge is 2.25. The van der Waals surface area contributed by atoms with E-state index in [1.54, 1.807) is 12.1 Å². The molecule has 0 bridgehead atoms. The molecule has 0 saturated carbocycles. The molecule has 1 heterocycles. The van der Waals surface area contributed by atoms with Crippen LogP contribution in [0.1, 0.15) is 6.42 Å². The maximum atomic E-state index is 11.8. The van der Waals surface area contributed by atoms with Gasteiger partial charge in [0.05, 0.1) is 16.3 Å². The third-order valence-electron chi connectivity index (χ3n) is 4.07. The van der Waals surface area contributed by atoms with Crippen molar-refractivity contribution in [3.63, 3.8) is 0 Å². The van der Waals surface area contributed by atoms with Gasteiger partial charge in [-0.05, 0) is 30.7 Å². The number of nitrogens with one attached hydrogen (secondary N) is 2. The van der Waals surface area contributed by atoms with Gasteiger partial charge in [0, 0.05) is 20.3 Å². The highest BCUT2D eigenvalue weighted by molar-refractivity contribution is 5.74. The van der Waals surface area contributed by atoms with Crippen LogP contribution in [0.15, 0.2) is 67.0 Å². The second-order valence-corrected chi connectivity index (χ2v) is 6.07. The van der Waals surface area contributed by atoms with Gasteiger partial charge in [0.15, 0.2) is 0 Å². The Kier molecular flexibility index (Phi) is 6.90. The molecular formula is C20H22N6O3. The molecule has 0 aliphatic heterocycles. The molecular weight excluding hydrogens is 372 g/mol. The largest absolute Gasteiger partial charge is 0.385 e. The number of nitrogens with zero attached hydrogens (tertiary/aromatic N) is 4. The van der Waals surface area contributed by atoms with Crippen LogP contribution in [0.4, 0.5) is 28.7 Å². The number of aromatic nitrogens is 2. The van der Waals surface area contributed by atoms with Crippen LogP contribution in [-0.4, -0.2) is 35.2 Å². The predicted molar refractivity (Wildman–Crippen MR) is 112 cm³/mol. The topological polar surface area (TPSA) is 105 Å². The van der Waals surface area contributed by atoms with E-state index in [1.165, 1.54) is 6.33 Å². The van der Waals surface area contributed by atoms with Gasteiger partial charge >= 0.3 is 5.69 Å². The maximum Gasteiger partial charge on any atom is 0.354 e. The number of nitro groups is 1. The summed E-state index contributed by atoms with van der Waals surface area (Å²) in [6.07, 6.45) is 1.99. The number of benzene rings is 2. The minimum Gasteiger partial charge on any atom is -0.385 e. The second kappa shape index (κ2) is 10.00. The predicted octanol–water partition coefficient (Wildman–Crippen LogP) is 4.00. The number of hydrazine groups is 1. The SMILES string of the molecule is COCCCNc1ncnc(NN(c2ccccc2)c2ccccc2)c1[N+](=O)[O-]. The van der Waals surface area contributed by atoms with Crippen LogP contribution < -0.4 is 15.8 Å². The molecule has 29 heavy (non-hydrogen) atoms.